The third-order valence-electron chi connectivity index (χ3n) is 10.7. The first kappa shape index (κ1) is 24.4. The fourth-order valence-electron chi connectivity index (χ4n) is 9.10. The van der Waals surface area contributed by atoms with Gasteiger partial charge in [-0.25, -0.2) is 0 Å². The Morgan fingerprint density at radius 1 is 0.348 bits per heavy atom. The molecule has 0 aromatic heterocycles. The van der Waals surface area contributed by atoms with Gasteiger partial charge in [-0.1, -0.05) is 133 Å². The number of nitrogens with zero attached hydrogens (tertiary/aromatic N) is 1. The third-order valence-corrected chi connectivity index (χ3v) is 10.7. The van der Waals surface area contributed by atoms with E-state index in [2.05, 4.69) is 169 Å². The van der Waals surface area contributed by atoms with Crippen LogP contribution in [0.15, 0.2) is 164 Å². The molecular weight excluding hydrogens is 555 g/mol. The number of anilines is 3. The summed E-state index contributed by atoms with van der Waals surface area (Å²) in [6, 6.07) is 61.0. The van der Waals surface area contributed by atoms with Crippen molar-refractivity contribution in [3.05, 3.63) is 186 Å². The highest BCUT2D eigenvalue weighted by Gasteiger charge is 2.57. The van der Waals surface area contributed by atoms with Crippen molar-refractivity contribution in [1.29, 1.82) is 0 Å². The minimum absolute atomic E-state index is 0.312. The van der Waals surface area contributed by atoms with Gasteiger partial charge in [0, 0.05) is 16.8 Å². The van der Waals surface area contributed by atoms with Crippen molar-refractivity contribution in [3.63, 3.8) is 0 Å². The quantitative estimate of drug-likeness (QED) is 0.188. The molecule has 3 aliphatic carbocycles. The van der Waals surface area contributed by atoms with Gasteiger partial charge in [-0.2, -0.15) is 0 Å². The highest BCUT2D eigenvalue weighted by Crippen LogP contribution is 2.70. The van der Waals surface area contributed by atoms with E-state index in [0.717, 1.165) is 5.69 Å². The van der Waals surface area contributed by atoms with E-state index in [1.165, 1.54) is 88.6 Å². The van der Waals surface area contributed by atoms with Gasteiger partial charge in [0.2, 0.25) is 0 Å². The first-order valence-electron chi connectivity index (χ1n) is 16.1. The Kier molecular flexibility index (Phi) is 4.57. The van der Waals surface area contributed by atoms with Crippen LogP contribution in [0, 0.1) is 0 Å². The lowest BCUT2D eigenvalue weighted by Gasteiger charge is -2.31. The molecule has 8 aromatic carbocycles. The van der Waals surface area contributed by atoms with Crippen LogP contribution in [-0.2, 0) is 5.41 Å². The molecule has 0 radical (unpaired) electrons. The van der Waals surface area contributed by atoms with Crippen molar-refractivity contribution < 1.29 is 0 Å². The maximum absolute atomic E-state index is 2.50. The molecule has 8 aromatic rings. The topological polar surface area (TPSA) is 3.24 Å². The Hall–Kier alpha value is -5.92. The molecule has 0 fully saturated rings. The van der Waals surface area contributed by atoms with Gasteiger partial charge in [0.15, 0.2) is 0 Å². The van der Waals surface area contributed by atoms with E-state index in [1.54, 1.807) is 0 Å². The van der Waals surface area contributed by atoms with Crippen molar-refractivity contribution >= 4 is 38.6 Å². The number of rotatable bonds is 3. The zero-order chi connectivity index (χ0) is 30.0. The summed E-state index contributed by atoms with van der Waals surface area (Å²) < 4.78 is 0. The molecule has 1 unspecified atom stereocenters. The number of para-hydroxylation sites is 1. The van der Waals surface area contributed by atoms with E-state index in [1.807, 2.05) is 0 Å². The first-order valence-corrected chi connectivity index (χ1v) is 16.1. The summed E-state index contributed by atoms with van der Waals surface area (Å²) >= 11 is 0. The number of hydrogen-bond acceptors (Lipinski definition) is 1. The van der Waals surface area contributed by atoms with Gasteiger partial charge in [0.25, 0.3) is 0 Å². The van der Waals surface area contributed by atoms with Gasteiger partial charge in [-0.15, -0.1) is 0 Å². The highest BCUT2D eigenvalue weighted by molar-refractivity contribution is 6.15. The monoisotopic (exact) mass is 581 g/mol. The first-order chi connectivity index (χ1) is 22.8. The molecule has 0 saturated heterocycles. The summed E-state index contributed by atoms with van der Waals surface area (Å²) in [5.41, 5.74) is 17.1. The van der Waals surface area contributed by atoms with Crippen molar-refractivity contribution in [3.8, 4) is 33.4 Å². The lowest BCUT2D eigenvalue weighted by molar-refractivity contribution is 0.818. The van der Waals surface area contributed by atoms with Crippen molar-refractivity contribution in [2.45, 2.75) is 5.41 Å². The van der Waals surface area contributed by atoms with E-state index in [-0.39, 0.29) is 5.41 Å². The summed E-state index contributed by atoms with van der Waals surface area (Å²) in [7, 11) is 0. The maximum atomic E-state index is 2.50. The molecule has 1 nitrogen and oxygen atoms in total. The van der Waals surface area contributed by atoms with Crippen LogP contribution < -0.4 is 4.90 Å². The van der Waals surface area contributed by atoms with Gasteiger partial charge in [0.05, 0.1) is 11.1 Å². The maximum Gasteiger partial charge on any atom is 0.0738 e. The number of hydrogen-bond donors (Lipinski definition) is 0. The fraction of sp³-hybridized carbons (Fsp3) is 0.0222. The minimum Gasteiger partial charge on any atom is -0.310 e. The molecule has 0 amide bonds. The minimum atomic E-state index is -0.312. The second-order valence-corrected chi connectivity index (χ2v) is 12.8. The Morgan fingerprint density at radius 2 is 0.913 bits per heavy atom. The number of benzene rings is 8. The van der Waals surface area contributed by atoms with Gasteiger partial charge >= 0.3 is 0 Å². The molecular formula is C45H27N. The zero-order valence-electron chi connectivity index (χ0n) is 25.0. The second kappa shape index (κ2) is 8.62. The lowest BCUT2D eigenvalue weighted by Crippen LogP contribution is -2.23. The molecule has 0 bridgehead atoms. The predicted molar refractivity (Wildman–Crippen MR) is 191 cm³/mol. The predicted octanol–water partition coefficient (Wildman–Crippen LogP) is 11.8. The van der Waals surface area contributed by atoms with Crippen LogP contribution in [-0.4, -0.2) is 0 Å². The molecule has 0 saturated carbocycles. The SMILES string of the molecule is c1ccc(N(c2ccc3c(c2)C24c5ccccc5-c5cccc(c52)-c2cccc-3c24)c2cc3ccccc3c3ccccc23)cc1. The van der Waals surface area contributed by atoms with Crippen LogP contribution in [0.2, 0.25) is 0 Å². The average Bonchev–Trinajstić information content (AvgIpc) is 3.72. The molecule has 46 heavy (non-hydrogen) atoms. The molecule has 1 spiro atoms. The fourth-order valence-corrected chi connectivity index (χ4v) is 9.10. The Balaban J connectivity index is 1.25. The van der Waals surface area contributed by atoms with E-state index in [9.17, 15) is 0 Å². The van der Waals surface area contributed by atoms with Gasteiger partial charge in [-0.05, 0) is 102 Å². The second-order valence-electron chi connectivity index (χ2n) is 12.8. The smallest absolute Gasteiger partial charge is 0.0738 e. The Bertz CT molecular complexity index is 2560. The Morgan fingerprint density at radius 3 is 1.67 bits per heavy atom. The number of fused-ring (bicyclic) bond motifs is 8. The molecule has 0 N–H and O–H groups in total. The zero-order valence-corrected chi connectivity index (χ0v) is 25.0. The van der Waals surface area contributed by atoms with Gasteiger partial charge in [-0.3, -0.25) is 0 Å². The standard InChI is InChI=1S/C45H27N/c1-2-13-29(14-3-1)46(42-26-28-12-4-5-15-31(28)32-16-6-7-18-35(32)42)30-24-25-34-37-20-11-22-39-38-21-10-19-36-33-17-8-9-23-40(33)45(43(36)38,44(37)39)41(34)27-30/h1-27H. The van der Waals surface area contributed by atoms with Crippen LogP contribution in [0.3, 0.4) is 0 Å². The van der Waals surface area contributed by atoms with Crippen LogP contribution in [0.1, 0.15) is 22.3 Å². The van der Waals surface area contributed by atoms with Crippen molar-refractivity contribution in [2.75, 3.05) is 4.90 Å². The summed E-state index contributed by atoms with van der Waals surface area (Å²) in [5, 5.41) is 5.04. The van der Waals surface area contributed by atoms with E-state index in [4.69, 9.17) is 0 Å². The molecule has 1 atom stereocenters. The summed E-state index contributed by atoms with van der Waals surface area (Å²) in [5.74, 6) is 0. The van der Waals surface area contributed by atoms with Crippen LogP contribution in [0.25, 0.3) is 54.9 Å². The summed E-state index contributed by atoms with van der Waals surface area (Å²) in [4.78, 5) is 2.47. The Labute approximate surface area is 267 Å². The highest BCUT2D eigenvalue weighted by atomic mass is 15.1. The molecule has 3 aliphatic rings. The van der Waals surface area contributed by atoms with Crippen molar-refractivity contribution in [1.82, 2.24) is 0 Å². The molecule has 0 heterocycles. The van der Waals surface area contributed by atoms with Gasteiger partial charge < -0.3 is 4.90 Å². The molecule has 11 rings (SSSR count). The third kappa shape index (κ3) is 2.83. The molecule has 212 valence electrons. The van der Waals surface area contributed by atoms with Crippen LogP contribution in [0.4, 0.5) is 17.1 Å². The molecule has 1 heteroatoms. The molecule has 0 aliphatic heterocycles. The van der Waals surface area contributed by atoms with E-state index < -0.39 is 0 Å². The van der Waals surface area contributed by atoms with E-state index >= 15 is 0 Å². The van der Waals surface area contributed by atoms with E-state index in [0.29, 0.717) is 0 Å². The normalized spacial score (nSPS) is 15.9. The largest absolute Gasteiger partial charge is 0.310 e. The lowest BCUT2D eigenvalue weighted by atomic mass is 9.73. The van der Waals surface area contributed by atoms with Crippen molar-refractivity contribution in [2.24, 2.45) is 0 Å². The average molecular weight is 582 g/mol. The van der Waals surface area contributed by atoms with Gasteiger partial charge in [0.1, 0.15) is 0 Å². The van der Waals surface area contributed by atoms with Crippen LogP contribution >= 0.6 is 0 Å². The summed E-state index contributed by atoms with van der Waals surface area (Å²) in [6.45, 7) is 0. The van der Waals surface area contributed by atoms with Crippen LogP contribution in [0.5, 0.6) is 0 Å². The summed E-state index contributed by atoms with van der Waals surface area (Å²) in [6.07, 6.45) is 0.